The zero-order valence-corrected chi connectivity index (χ0v) is 34.3. The van der Waals surface area contributed by atoms with Crippen molar-refractivity contribution in [1.29, 1.82) is 31.6 Å². The molecule has 2 heterocycles. The van der Waals surface area contributed by atoms with Gasteiger partial charge in [0.25, 0.3) is 0 Å². The van der Waals surface area contributed by atoms with Gasteiger partial charge in [0.15, 0.2) is 0 Å². The summed E-state index contributed by atoms with van der Waals surface area (Å²) in [6.07, 6.45) is 0. The maximum Gasteiger partial charge on any atom is 0.204 e. The summed E-state index contributed by atoms with van der Waals surface area (Å²) in [5.74, 6) is 0. The molecular formula is C56H24N10. The average Bonchev–Trinajstić information content (AvgIpc) is 3.87. The molecule has 0 atom stereocenters. The lowest BCUT2D eigenvalue weighted by molar-refractivity contribution is 0.775. The molecule has 66 heavy (non-hydrogen) atoms. The monoisotopic (exact) mass is 836 g/mol. The molecule has 298 valence electrons. The molecule has 0 spiro atoms. The van der Waals surface area contributed by atoms with Crippen molar-refractivity contribution in [3.63, 3.8) is 0 Å². The van der Waals surface area contributed by atoms with E-state index in [1.165, 1.54) is 0 Å². The smallest absolute Gasteiger partial charge is 0.204 e. The van der Waals surface area contributed by atoms with Gasteiger partial charge in [-0.1, -0.05) is 60.7 Å². The minimum absolute atomic E-state index is 0.273. The molecule has 0 saturated carbocycles. The Morgan fingerprint density at radius 1 is 0.288 bits per heavy atom. The van der Waals surface area contributed by atoms with E-state index < -0.39 is 0 Å². The van der Waals surface area contributed by atoms with E-state index in [2.05, 4.69) is 79.7 Å². The van der Waals surface area contributed by atoms with Gasteiger partial charge < -0.3 is 0 Å². The summed E-state index contributed by atoms with van der Waals surface area (Å²) in [6, 6.07) is 58.1. The number of hydrogen-bond acceptors (Lipinski definition) is 6. The van der Waals surface area contributed by atoms with E-state index in [1.54, 1.807) is 48.5 Å². The summed E-state index contributed by atoms with van der Waals surface area (Å²) in [6.45, 7) is 15.1. The highest BCUT2D eigenvalue weighted by Crippen LogP contribution is 2.41. The van der Waals surface area contributed by atoms with Crippen molar-refractivity contribution in [3.05, 3.63) is 202 Å². The van der Waals surface area contributed by atoms with Gasteiger partial charge in [0, 0.05) is 21.5 Å². The van der Waals surface area contributed by atoms with Crippen LogP contribution in [-0.4, -0.2) is 9.35 Å². The Morgan fingerprint density at radius 2 is 0.530 bits per heavy atom. The third kappa shape index (κ3) is 6.20. The molecule has 2 aromatic heterocycles. The Morgan fingerprint density at radius 3 is 0.803 bits per heavy atom. The Kier molecular flexibility index (Phi) is 9.34. The summed E-state index contributed by atoms with van der Waals surface area (Å²) in [7, 11) is 0. The first kappa shape index (κ1) is 39.4. The lowest BCUT2D eigenvalue weighted by Crippen LogP contribution is -2.08. The van der Waals surface area contributed by atoms with Crippen molar-refractivity contribution in [2.45, 2.75) is 0 Å². The van der Waals surface area contributed by atoms with Crippen LogP contribution in [-0.2, 0) is 0 Å². The molecule has 0 aliphatic rings. The first-order valence-electron chi connectivity index (χ1n) is 20.2. The van der Waals surface area contributed by atoms with Crippen molar-refractivity contribution in [1.82, 2.24) is 9.35 Å². The standard InChI is InChI=1S/C56H24N10/c1-63-51-13-7-35(21-45(51)31-61)39-11-17-55-49(25-39)50-26-40(36-8-14-52(64-2)46(22-36)32-62)12-18-56(50)66(55)65-53-15-9-37(33-3-5-41(27-57)43(19-33)29-59)23-47(53)48-24-38(10-16-54(48)65)34-4-6-42(28-58)44(20-34)30-60/h3-26H. The third-order valence-electron chi connectivity index (χ3n) is 12.0. The third-order valence-corrected chi connectivity index (χ3v) is 12.0. The molecule has 8 aromatic carbocycles. The van der Waals surface area contributed by atoms with Crippen molar-refractivity contribution in [2.75, 3.05) is 0 Å². The summed E-state index contributed by atoms with van der Waals surface area (Å²) < 4.78 is 4.33. The first-order chi connectivity index (χ1) is 32.3. The van der Waals surface area contributed by atoms with Crippen molar-refractivity contribution < 1.29 is 0 Å². The SMILES string of the molecule is [C-]#[N+]c1ccc(-c2ccc3c(c2)c2cc(-c4ccc([N+]#[C-])c(C#N)c4)ccc2n3-n2c3ccc(-c4ccc(C#N)c(C#N)c4)cc3c3cc(-c4ccc(C#N)c(C#N)c4)ccc32)cc1C#N. The predicted molar refractivity (Wildman–Crippen MR) is 252 cm³/mol. The first-order valence-corrected chi connectivity index (χ1v) is 20.2. The molecule has 0 aliphatic heterocycles. The van der Waals surface area contributed by atoms with Crippen LogP contribution in [0.5, 0.6) is 0 Å². The molecule has 0 fully saturated rings. The number of benzene rings is 8. The number of nitriles is 6. The number of fused-ring (bicyclic) bond motifs is 6. The fraction of sp³-hybridized carbons (Fsp3) is 0. The van der Waals surface area contributed by atoms with E-state index in [4.69, 9.17) is 13.1 Å². The Bertz CT molecular complexity index is 3630. The number of rotatable bonds is 5. The van der Waals surface area contributed by atoms with E-state index >= 15 is 0 Å². The van der Waals surface area contributed by atoms with Crippen LogP contribution in [0.2, 0.25) is 0 Å². The number of nitrogens with zero attached hydrogens (tertiary/aromatic N) is 10. The number of hydrogen-bond donors (Lipinski definition) is 0. The van der Waals surface area contributed by atoms with Crippen LogP contribution in [0.15, 0.2) is 146 Å². The molecule has 0 amide bonds. The van der Waals surface area contributed by atoms with Crippen LogP contribution < -0.4 is 0 Å². The van der Waals surface area contributed by atoms with Crippen LogP contribution >= 0.6 is 0 Å². The molecule has 0 bridgehead atoms. The molecule has 10 rings (SSSR count). The highest BCUT2D eigenvalue weighted by molar-refractivity contribution is 6.14. The Balaban J connectivity index is 1.28. The van der Waals surface area contributed by atoms with Gasteiger partial charge >= 0.3 is 0 Å². The topological polar surface area (TPSA) is 161 Å². The van der Waals surface area contributed by atoms with Gasteiger partial charge in [0.05, 0.1) is 80.7 Å². The predicted octanol–water partition coefficient (Wildman–Crippen LogP) is 13.2. The normalized spacial score (nSPS) is 10.6. The van der Waals surface area contributed by atoms with Crippen molar-refractivity contribution in [3.8, 4) is 80.9 Å². The van der Waals surface area contributed by atoms with Gasteiger partial charge in [-0.05, 0) is 129 Å². The fourth-order valence-corrected chi connectivity index (χ4v) is 8.79. The quantitative estimate of drug-likeness (QED) is 0.157. The summed E-state index contributed by atoms with van der Waals surface area (Å²) in [5.41, 5.74) is 12.1. The largest absolute Gasteiger partial charge is 0.248 e. The van der Waals surface area contributed by atoms with Crippen LogP contribution in [0, 0.1) is 81.1 Å². The van der Waals surface area contributed by atoms with E-state index in [0.717, 1.165) is 88.1 Å². The second kappa shape index (κ2) is 15.6. The van der Waals surface area contributed by atoms with Crippen molar-refractivity contribution >= 4 is 55.0 Å². The van der Waals surface area contributed by atoms with Gasteiger partial charge in [0.1, 0.15) is 24.3 Å². The van der Waals surface area contributed by atoms with Crippen molar-refractivity contribution in [2.24, 2.45) is 0 Å². The lowest BCUT2D eigenvalue weighted by Gasteiger charge is -2.14. The zero-order valence-electron chi connectivity index (χ0n) is 34.3. The van der Waals surface area contributed by atoms with E-state index in [9.17, 15) is 31.6 Å². The van der Waals surface area contributed by atoms with Crippen LogP contribution in [0.4, 0.5) is 11.4 Å². The van der Waals surface area contributed by atoms with E-state index in [0.29, 0.717) is 0 Å². The van der Waals surface area contributed by atoms with Gasteiger partial charge in [-0.15, -0.1) is 0 Å². The molecule has 0 radical (unpaired) electrons. The molecule has 0 N–H and O–H groups in total. The second-order valence-corrected chi connectivity index (χ2v) is 15.4. The van der Waals surface area contributed by atoms with Gasteiger partial charge in [-0.2, -0.15) is 31.6 Å². The molecule has 0 aliphatic carbocycles. The second-order valence-electron chi connectivity index (χ2n) is 15.4. The minimum atomic E-state index is 0.273. The van der Waals surface area contributed by atoms with E-state index in [-0.39, 0.29) is 44.8 Å². The minimum Gasteiger partial charge on any atom is -0.248 e. The van der Waals surface area contributed by atoms with Gasteiger partial charge in [0.2, 0.25) is 11.4 Å². The summed E-state index contributed by atoms with van der Waals surface area (Å²) >= 11 is 0. The number of aromatic nitrogens is 2. The average molecular weight is 837 g/mol. The van der Waals surface area contributed by atoms with Gasteiger partial charge in [-0.25, -0.2) is 19.0 Å². The summed E-state index contributed by atoms with van der Waals surface area (Å²) in [5, 5.41) is 62.4. The molecule has 10 aromatic rings. The molecule has 10 nitrogen and oxygen atoms in total. The Labute approximate surface area is 377 Å². The summed E-state index contributed by atoms with van der Waals surface area (Å²) in [4.78, 5) is 7.04. The van der Waals surface area contributed by atoms with Crippen LogP contribution in [0.25, 0.3) is 97.8 Å². The molecular weight excluding hydrogens is 813 g/mol. The van der Waals surface area contributed by atoms with Gasteiger partial charge in [-0.3, -0.25) is 0 Å². The maximum absolute atomic E-state index is 9.89. The maximum atomic E-state index is 9.89. The lowest BCUT2D eigenvalue weighted by atomic mass is 9.97. The molecule has 0 saturated heterocycles. The van der Waals surface area contributed by atoms with Crippen LogP contribution in [0.3, 0.4) is 0 Å². The van der Waals surface area contributed by atoms with Crippen LogP contribution in [0.1, 0.15) is 33.4 Å². The Hall–Kier alpha value is -10.7. The van der Waals surface area contributed by atoms with E-state index in [1.807, 2.05) is 72.8 Å². The molecule has 10 heteroatoms. The zero-order chi connectivity index (χ0) is 45.6. The fourth-order valence-electron chi connectivity index (χ4n) is 8.79. The highest BCUT2D eigenvalue weighted by atomic mass is 15.5. The molecule has 0 unspecified atom stereocenters. The highest BCUT2D eigenvalue weighted by Gasteiger charge is 2.21.